The highest BCUT2D eigenvalue weighted by molar-refractivity contribution is 5.85. The highest BCUT2D eigenvalue weighted by Gasteiger charge is 2.36. The summed E-state index contributed by atoms with van der Waals surface area (Å²) in [6.45, 7) is 4.59. The highest BCUT2D eigenvalue weighted by atomic mass is 16.1. The number of primary amides is 1. The van der Waals surface area contributed by atoms with Gasteiger partial charge in [0.2, 0.25) is 5.91 Å². The monoisotopic (exact) mass is 185 g/mol. The molecule has 1 fully saturated rings. The van der Waals surface area contributed by atoms with Gasteiger partial charge < -0.3 is 16.4 Å². The lowest BCUT2D eigenvalue weighted by atomic mass is 9.89. The van der Waals surface area contributed by atoms with Gasteiger partial charge in [0.05, 0.1) is 0 Å². The summed E-state index contributed by atoms with van der Waals surface area (Å²) < 4.78 is 0. The summed E-state index contributed by atoms with van der Waals surface area (Å²) in [5.74, 6) is -0.229. The number of hydrogen-bond acceptors (Lipinski definition) is 3. The number of carbonyl (C=O) groups is 1. The van der Waals surface area contributed by atoms with Crippen molar-refractivity contribution in [1.29, 1.82) is 0 Å². The molecule has 1 unspecified atom stereocenters. The molecule has 1 rings (SSSR count). The molecule has 0 aromatic rings. The largest absolute Gasteiger partial charge is 0.368 e. The van der Waals surface area contributed by atoms with Crippen LogP contribution < -0.4 is 16.4 Å². The summed E-state index contributed by atoms with van der Waals surface area (Å²) in [7, 11) is 0. The summed E-state index contributed by atoms with van der Waals surface area (Å²) in [5.41, 5.74) is 4.91. The lowest BCUT2D eigenvalue weighted by Gasteiger charge is -2.35. The van der Waals surface area contributed by atoms with Crippen molar-refractivity contribution in [2.75, 3.05) is 19.6 Å². The molecule has 4 heteroatoms. The second-order valence-electron chi connectivity index (χ2n) is 3.65. The zero-order valence-electron chi connectivity index (χ0n) is 8.23. The number of carbonyl (C=O) groups excluding carboxylic acids is 1. The SMILES string of the molecule is CCCNC1(C(N)=O)CCCNC1. The maximum atomic E-state index is 11.3. The normalized spacial score (nSPS) is 28.7. The zero-order valence-corrected chi connectivity index (χ0v) is 8.23. The first-order valence-corrected chi connectivity index (χ1v) is 4.97. The number of rotatable bonds is 4. The Bertz CT molecular complexity index is 176. The fraction of sp³-hybridized carbons (Fsp3) is 0.889. The molecule has 76 valence electrons. The van der Waals surface area contributed by atoms with Gasteiger partial charge in [0.15, 0.2) is 0 Å². The van der Waals surface area contributed by atoms with Crippen molar-refractivity contribution in [1.82, 2.24) is 10.6 Å². The molecule has 1 amide bonds. The highest BCUT2D eigenvalue weighted by Crippen LogP contribution is 2.15. The van der Waals surface area contributed by atoms with Crippen LogP contribution in [0, 0.1) is 0 Å². The van der Waals surface area contributed by atoms with E-state index in [1.165, 1.54) is 0 Å². The van der Waals surface area contributed by atoms with Gasteiger partial charge in [-0.05, 0) is 32.4 Å². The summed E-state index contributed by atoms with van der Waals surface area (Å²) >= 11 is 0. The summed E-state index contributed by atoms with van der Waals surface area (Å²) in [6, 6.07) is 0. The fourth-order valence-electron chi connectivity index (χ4n) is 1.72. The van der Waals surface area contributed by atoms with Crippen LogP contribution in [-0.2, 0) is 4.79 Å². The van der Waals surface area contributed by atoms with Gasteiger partial charge in [-0.2, -0.15) is 0 Å². The molecule has 4 nitrogen and oxygen atoms in total. The van der Waals surface area contributed by atoms with E-state index in [1.807, 2.05) is 0 Å². The molecule has 4 N–H and O–H groups in total. The van der Waals surface area contributed by atoms with Crippen LogP contribution in [0.1, 0.15) is 26.2 Å². The molecule has 0 saturated carbocycles. The van der Waals surface area contributed by atoms with Crippen LogP contribution in [0.4, 0.5) is 0 Å². The van der Waals surface area contributed by atoms with Gasteiger partial charge >= 0.3 is 0 Å². The standard InChI is InChI=1S/C9H19N3O/c1-2-5-12-9(8(10)13)4-3-6-11-7-9/h11-12H,2-7H2,1H3,(H2,10,13). The predicted octanol–water partition coefficient (Wildman–Crippen LogP) is -0.406. The van der Waals surface area contributed by atoms with E-state index in [0.29, 0.717) is 6.54 Å². The molecule has 0 spiro atoms. The molecule has 13 heavy (non-hydrogen) atoms. The molecule has 1 atom stereocenters. The van der Waals surface area contributed by atoms with Gasteiger partial charge in [0.1, 0.15) is 5.54 Å². The van der Waals surface area contributed by atoms with Crippen molar-refractivity contribution in [2.24, 2.45) is 5.73 Å². The van der Waals surface area contributed by atoms with Gasteiger partial charge in [0.25, 0.3) is 0 Å². The van der Waals surface area contributed by atoms with Gasteiger partial charge in [-0.15, -0.1) is 0 Å². The van der Waals surface area contributed by atoms with E-state index < -0.39 is 5.54 Å². The lowest BCUT2D eigenvalue weighted by Crippen LogP contribution is -2.63. The molecule has 1 aliphatic heterocycles. The minimum absolute atomic E-state index is 0.229. The smallest absolute Gasteiger partial charge is 0.239 e. The van der Waals surface area contributed by atoms with E-state index in [-0.39, 0.29) is 5.91 Å². The van der Waals surface area contributed by atoms with Crippen LogP contribution >= 0.6 is 0 Å². The lowest BCUT2D eigenvalue weighted by molar-refractivity contribution is -0.125. The van der Waals surface area contributed by atoms with E-state index in [0.717, 1.165) is 32.4 Å². The number of hydrogen-bond donors (Lipinski definition) is 3. The third-order valence-corrected chi connectivity index (χ3v) is 2.57. The first kappa shape index (κ1) is 10.5. The Labute approximate surface area is 79.3 Å². The minimum Gasteiger partial charge on any atom is -0.368 e. The molecule has 1 aliphatic rings. The summed E-state index contributed by atoms with van der Waals surface area (Å²) in [5, 5.41) is 6.45. The molecule has 0 bridgehead atoms. The van der Waals surface area contributed by atoms with Crippen LogP contribution in [-0.4, -0.2) is 31.1 Å². The number of piperidine rings is 1. The zero-order chi connectivity index (χ0) is 9.73. The number of nitrogens with two attached hydrogens (primary N) is 1. The van der Waals surface area contributed by atoms with Crippen molar-refractivity contribution in [3.05, 3.63) is 0 Å². The molecular weight excluding hydrogens is 166 g/mol. The quantitative estimate of drug-likeness (QED) is 0.558. The van der Waals surface area contributed by atoms with Gasteiger partial charge in [-0.25, -0.2) is 0 Å². The Morgan fingerprint density at radius 2 is 2.46 bits per heavy atom. The Morgan fingerprint density at radius 3 is 2.92 bits per heavy atom. The van der Waals surface area contributed by atoms with E-state index in [1.54, 1.807) is 0 Å². The van der Waals surface area contributed by atoms with Crippen LogP contribution in [0.5, 0.6) is 0 Å². The Kier molecular flexibility index (Phi) is 3.69. The maximum Gasteiger partial charge on any atom is 0.239 e. The van der Waals surface area contributed by atoms with Crippen molar-refractivity contribution in [3.63, 3.8) is 0 Å². The molecule has 1 heterocycles. The topological polar surface area (TPSA) is 67.1 Å². The Morgan fingerprint density at radius 1 is 1.69 bits per heavy atom. The molecule has 0 aliphatic carbocycles. The third-order valence-electron chi connectivity index (χ3n) is 2.57. The van der Waals surface area contributed by atoms with Crippen molar-refractivity contribution in [2.45, 2.75) is 31.7 Å². The van der Waals surface area contributed by atoms with Gasteiger partial charge in [-0.3, -0.25) is 4.79 Å². The maximum absolute atomic E-state index is 11.3. The third kappa shape index (κ3) is 2.42. The van der Waals surface area contributed by atoms with Gasteiger partial charge in [0, 0.05) is 6.54 Å². The Balaban J connectivity index is 2.56. The van der Waals surface area contributed by atoms with Crippen LogP contribution in [0.25, 0.3) is 0 Å². The van der Waals surface area contributed by atoms with E-state index in [4.69, 9.17) is 5.73 Å². The van der Waals surface area contributed by atoms with E-state index in [9.17, 15) is 4.79 Å². The second-order valence-corrected chi connectivity index (χ2v) is 3.65. The van der Waals surface area contributed by atoms with E-state index >= 15 is 0 Å². The van der Waals surface area contributed by atoms with E-state index in [2.05, 4.69) is 17.6 Å². The summed E-state index contributed by atoms with van der Waals surface area (Å²) in [6.07, 6.45) is 2.89. The van der Waals surface area contributed by atoms with Crippen LogP contribution in [0.3, 0.4) is 0 Å². The van der Waals surface area contributed by atoms with Crippen molar-refractivity contribution in [3.8, 4) is 0 Å². The molecule has 0 aromatic heterocycles. The Hall–Kier alpha value is -0.610. The molecule has 1 saturated heterocycles. The molecule has 0 radical (unpaired) electrons. The van der Waals surface area contributed by atoms with Gasteiger partial charge in [-0.1, -0.05) is 6.92 Å². The van der Waals surface area contributed by atoms with Crippen LogP contribution in [0.2, 0.25) is 0 Å². The van der Waals surface area contributed by atoms with Crippen molar-refractivity contribution < 1.29 is 4.79 Å². The first-order valence-electron chi connectivity index (χ1n) is 4.97. The number of amides is 1. The average molecular weight is 185 g/mol. The van der Waals surface area contributed by atoms with Crippen LogP contribution in [0.15, 0.2) is 0 Å². The summed E-state index contributed by atoms with van der Waals surface area (Å²) in [4.78, 5) is 11.3. The first-order chi connectivity index (χ1) is 6.21. The second kappa shape index (κ2) is 4.58. The average Bonchev–Trinajstić information content (AvgIpc) is 2.16. The minimum atomic E-state index is -0.492. The predicted molar refractivity (Wildman–Crippen MR) is 52.3 cm³/mol. The van der Waals surface area contributed by atoms with Crippen molar-refractivity contribution >= 4 is 5.91 Å². The number of nitrogens with one attached hydrogen (secondary N) is 2. The molecule has 0 aromatic carbocycles. The molecular formula is C9H19N3O. The fourth-order valence-corrected chi connectivity index (χ4v) is 1.72.